The Kier molecular flexibility index (Phi) is 4.19. The van der Waals surface area contributed by atoms with Gasteiger partial charge in [0.05, 0.1) is 0 Å². The Balaban J connectivity index is 1.70. The predicted molar refractivity (Wildman–Crippen MR) is 92.8 cm³/mol. The summed E-state index contributed by atoms with van der Waals surface area (Å²) in [6.45, 7) is 4.78. The van der Waals surface area contributed by atoms with Crippen LogP contribution < -0.4 is 0 Å². The number of aromatic nitrogens is 3. The van der Waals surface area contributed by atoms with Gasteiger partial charge >= 0.3 is 0 Å². The number of H-pyrrole nitrogens is 1. The van der Waals surface area contributed by atoms with Gasteiger partial charge in [-0.3, -0.25) is 0 Å². The lowest BCUT2D eigenvalue weighted by atomic mass is 9.85. The van der Waals surface area contributed by atoms with Crippen LogP contribution in [0, 0.1) is 13.8 Å². The highest BCUT2D eigenvalue weighted by Gasteiger charge is 2.33. The number of aromatic amines is 1. The van der Waals surface area contributed by atoms with Gasteiger partial charge in [-0.05, 0) is 45.1 Å². The number of hydrogen-bond donors (Lipinski definition) is 1. The van der Waals surface area contributed by atoms with E-state index in [4.69, 9.17) is 4.42 Å². The Morgan fingerprint density at radius 2 is 1.80 bits per heavy atom. The van der Waals surface area contributed by atoms with Crippen molar-refractivity contribution in [2.75, 3.05) is 13.1 Å². The van der Waals surface area contributed by atoms with Crippen LogP contribution in [0.3, 0.4) is 0 Å². The van der Waals surface area contributed by atoms with E-state index in [1.54, 1.807) is 11.2 Å². The Labute approximate surface area is 147 Å². The zero-order valence-corrected chi connectivity index (χ0v) is 15.5. The molecule has 0 unspecified atom stereocenters. The average Bonchev–Trinajstić information content (AvgIpc) is 3.11. The molecule has 7 nitrogen and oxygen atoms in total. The molecule has 0 radical (unpaired) electrons. The predicted octanol–water partition coefficient (Wildman–Crippen LogP) is 3.12. The molecule has 2 aromatic heterocycles. The molecule has 4 rings (SSSR count). The third kappa shape index (κ3) is 2.81. The smallest absolute Gasteiger partial charge is 0.264 e. The van der Waals surface area contributed by atoms with Crippen molar-refractivity contribution < 1.29 is 12.8 Å². The van der Waals surface area contributed by atoms with Crippen molar-refractivity contribution in [3.8, 4) is 11.6 Å². The molecule has 2 fully saturated rings. The van der Waals surface area contributed by atoms with Gasteiger partial charge in [-0.25, -0.2) is 8.42 Å². The Hall–Kier alpha value is -1.67. The van der Waals surface area contributed by atoms with Crippen molar-refractivity contribution in [3.63, 3.8) is 0 Å². The summed E-state index contributed by atoms with van der Waals surface area (Å²) in [7, 11) is -3.50. The maximum absolute atomic E-state index is 13.1. The lowest BCUT2D eigenvalue weighted by Gasteiger charge is -2.26. The topological polar surface area (TPSA) is 92.1 Å². The van der Waals surface area contributed by atoms with Gasteiger partial charge in [0.15, 0.2) is 0 Å². The molecule has 1 N–H and O–H groups in total. The quantitative estimate of drug-likeness (QED) is 0.900. The minimum absolute atomic E-state index is 0.354. The fraction of sp³-hybridized carbons (Fsp3) is 0.647. The highest BCUT2D eigenvalue weighted by molar-refractivity contribution is 7.89. The number of hydrogen-bond acceptors (Lipinski definition) is 5. The normalized spacial score (nSPS) is 19.9. The molecule has 8 heteroatoms. The molecule has 3 heterocycles. The van der Waals surface area contributed by atoms with Gasteiger partial charge in [0.25, 0.3) is 5.89 Å². The standard InChI is InChI=1S/C17H24N4O3S/c1-11-14(17-20-19-16(24-17)13-7-6-8-13)18-12(2)15(11)25(22,23)21-9-4-3-5-10-21/h13,18H,3-10H2,1-2H3. The molecule has 136 valence electrons. The van der Waals surface area contributed by atoms with E-state index < -0.39 is 10.0 Å². The van der Waals surface area contributed by atoms with Crippen LogP contribution in [0.25, 0.3) is 11.6 Å². The maximum atomic E-state index is 13.1. The van der Waals surface area contributed by atoms with E-state index in [-0.39, 0.29) is 0 Å². The van der Waals surface area contributed by atoms with Gasteiger partial charge < -0.3 is 9.40 Å². The second kappa shape index (κ2) is 6.25. The van der Waals surface area contributed by atoms with E-state index in [1.165, 1.54) is 6.42 Å². The summed E-state index contributed by atoms with van der Waals surface area (Å²) in [4.78, 5) is 3.52. The Morgan fingerprint density at radius 1 is 1.08 bits per heavy atom. The molecule has 1 saturated heterocycles. The number of aryl methyl sites for hydroxylation is 1. The summed E-state index contributed by atoms with van der Waals surface area (Å²) in [6.07, 6.45) is 6.29. The van der Waals surface area contributed by atoms with Crippen LogP contribution in [-0.2, 0) is 10.0 Å². The van der Waals surface area contributed by atoms with E-state index in [0.717, 1.165) is 32.1 Å². The first-order chi connectivity index (χ1) is 12.0. The first-order valence-electron chi connectivity index (χ1n) is 9.01. The maximum Gasteiger partial charge on any atom is 0.264 e. The van der Waals surface area contributed by atoms with Crippen LogP contribution in [-0.4, -0.2) is 41.0 Å². The fourth-order valence-electron chi connectivity index (χ4n) is 3.72. The minimum Gasteiger partial charge on any atom is -0.419 e. The third-order valence-electron chi connectivity index (χ3n) is 5.39. The molecule has 25 heavy (non-hydrogen) atoms. The number of sulfonamides is 1. The van der Waals surface area contributed by atoms with Gasteiger partial charge in [-0.15, -0.1) is 10.2 Å². The van der Waals surface area contributed by atoms with Crippen molar-refractivity contribution in [1.29, 1.82) is 0 Å². The Morgan fingerprint density at radius 3 is 2.44 bits per heavy atom. The van der Waals surface area contributed by atoms with E-state index in [0.29, 0.717) is 52.6 Å². The van der Waals surface area contributed by atoms with Crippen LogP contribution in [0.15, 0.2) is 9.31 Å². The van der Waals surface area contributed by atoms with Crippen molar-refractivity contribution >= 4 is 10.0 Å². The molecular formula is C17H24N4O3S. The summed E-state index contributed by atoms with van der Waals surface area (Å²) in [6, 6.07) is 0. The lowest BCUT2D eigenvalue weighted by molar-refractivity contribution is 0.338. The summed E-state index contributed by atoms with van der Waals surface area (Å²) in [5.74, 6) is 1.39. The number of nitrogens with zero attached hydrogens (tertiary/aromatic N) is 3. The zero-order chi connectivity index (χ0) is 17.6. The second-order valence-corrected chi connectivity index (χ2v) is 8.99. The molecule has 0 bridgehead atoms. The molecule has 2 aromatic rings. The molecule has 1 aliphatic heterocycles. The van der Waals surface area contributed by atoms with E-state index >= 15 is 0 Å². The molecule has 0 atom stereocenters. The van der Waals surface area contributed by atoms with Gasteiger partial charge in [-0.2, -0.15) is 4.31 Å². The van der Waals surface area contributed by atoms with Gasteiger partial charge in [0, 0.05) is 24.7 Å². The summed E-state index contributed by atoms with van der Waals surface area (Å²) in [5.41, 5.74) is 1.90. The van der Waals surface area contributed by atoms with E-state index in [9.17, 15) is 8.42 Å². The molecule has 2 aliphatic rings. The van der Waals surface area contributed by atoms with Gasteiger partial charge in [0.1, 0.15) is 10.6 Å². The highest BCUT2D eigenvalue weighted by Crippen LogP contribution is 2.38. The van der Waals surface area contributed by atoms with Crippen molar-refractivity contribution in [2.45, 2.75) is 63.2 Å². The number of rotatable bonds is 4. The molecule has 1 saturated carbocycles. The van der Waals surface area contributed by atoms with E-state index in [1.807, 2.05) is 6.92 Å². The average molecular weight is 364 g/mol. The minimum atomic E-state index is -3.50. The zero-order valence-electron chi connectivity index (χ0n) is 14.7. The van der Waals surface area contributed by atoms with Crippen LogP contribution in [0.5, 0.6) is 0 Å². The summed E-state index contributed by atoms with van der Waals surface area (Å²) in [5, 5.41) is 8.29. The SMILES string of the molecule is Cc1[nH]c(-c2nnc(C3CCC3)o2)c(C)c1S(=O)(=O)N1CCCCC1. The Bertz CT molecular complexity index is 874. The highest BCUT2D eigenvalue weighted by atomic mass is 32.2. The first kappa shape index (κ1) is 16.8. The van der Waals surface area contributed by atoms with Crippen LogP contribution in [0.2, 0.25) is 0 Å². The molecular weight excluding hydrogens is 340 g/mol. The molecule has 1 aliphatic carbocycles. The summed E-state index contributed by atoms with van der Waals surface area (Å²) >= 11 is 0. The largest absolute Gasteiger partial charge is 0.419 e. The van der Waals surface area contributed by atoms with Crippen molar-refractivity contribution in [2.24, 2.45) is 0 Å². The van der Waals surface area contributed by atoms with Crippen molar-refractivity contribution in [3.05, 3.63) is 17.1 Å². The molecule has 0 aromatic carbocycles. The second-order valence-electron chi connectivity index (χ2n) is 7.12. The fourth-order valence-corrected chi connectivity index (χ4v) is 5.65. The van der Waals surface area contributed by atoms with Crippen molar-refractivity contribution in [1.82, 2.24) is 19.5 Å². The third-order valence-corrected chi connectivity index (χ3v) is 7.56. The number of nitrogens with one attached hydrogen (secondary N) is 1. The first-order valence-corrected chi connectivity index (χ1v) is 10.5. The van der Waals surface area contributed by atoms with E-state index in [2.05, 4.69) is 15.2 Å². The van der Waals surface area contributed by atoms with Crippen LogP contribution in [0.4, 0.5) is 0 Å². The number of piperidine rings is 1. The van der Waals surface area contributed by atoms with Crippen LogP contribution in [0.1, 0.15) is 61.6 Å². The molecule has 0 amide bonds. The monoisotopic (exact) mass is 364 g/mol. The van der Waals surface area contributed by atoms with Crippen LogP contribution >= 0.6 is 0 Å². The lowest BCUT2D eigenvalue weighted by Crippen LogP contribution is -2.36. The summed E-state index contributed by atoms with van der Waals surface area (Å²) < 4.78 is 33.6. The van der Waals surface area contributed by atoms with Gasteiger partial charge in [-0.1, -0.05) is 12.8 Å². The molecule has 0 spiro atoms. The van der Waals surface area contributed by atoms with Gasteiger partial charge in [0.2, 0.25) is 15.9 Å².